The number of hydrogen-bond donors (Lipinski definition) is 2. The number of nitrogens with zero attached hydrogens (tertiary/aromatic N) is 3. The maximum Gasteiger partial charge on any atom is 0.229 e. The summed E-state index contributed by atoms with van der Waals surface area (Å²) in [5, 5.41) is 4.46. The van der Waals surface area contributed by atoms with Gasteiger partial charge in [-0.05, 0) is 19.1 Å². The molecule has 1 aliphatic rings. The molecule has 0 aliphatic carbocycles. The van der Waals surface area contributed by atoms with Crippen molar-refractivity contribution in [2.75, 3.05) is 43.6 Å². The van der Waals surface area contributed by atoms with E-state index in [0.29, 0.717) is 19.8 Å². The summed E-state index contributed by atoms with van der Waals surface area (Å²) in [4.78, 5) is 15.0. The smallest absolute Gasteiger partial charge is 0.229 e. The zero-order valence-corrected chi connectivity index (χ0v) is 15.1. The molecule has 26 heavy (non-hydrogen) atoms. The third kappa shape index (κ3) is 3.30. The number of anilines is 2. The number of hydrogen-bond acceptors (Lipinski definition) is 6. The summed E-state index contributed by atoms with van der Waals surface area (Å²) in [7, 11) is 1.69. The van der Waals surface area contributed by atoms with Gasteiger partial charge in [-0.2, -0.15) is 9.97 Å². The number of para-hydroxylation sites is 1. The van der Waals surface area contributed by atoms with E-state index in [9.17, 15) is 0 Å². The number of aryl methyl sites for hydroxylation is 1. The second-order valence-electron chi connectivity index (χ2n) is 6.35. The molecule has 0 bridgehead atoms. The van der Waals surface area contributed by atoms with Gasteiger partial charge in [0.25, 0.3) is 0 Å². The summed E-state index contributed by atoms with van der Waals surface area (Å²) in [5.41, 5.74) is 3.00. The molecule has 1 aromatic carbocycles. The average molecular weight is 353 g/mol. The monoisotopic (exact) mass is 353 g/mol. The van der Waals surface area contributed by atoms with Crippen LogP contribution in [0.1, 0.15) is 11.3 Å². The van der Waals surface area contributed by atoms with Gasteiger partial charge in [0.05, 0.1) is 25.7 Å². The Bertz CT molecular complexity index is 902. The minimum atomic E-state index is 0.628. The maximum atomic E-state index is 5.44. The van der Waals surface area contributed by atoms with Crippen molar-refractivity contribution in [1.29, 1.82) is 0 Å². The lowest BCUT2D eigenvalue weighted by atomic mass is 10.2. The number of ether oxygens (including phenoxy) is 2. The maximum absolute atomic E-state index is 5.44. The van der Waals surface area contributed by atoms with Crippen LogP contribution in [0.3, 0.4) is 0 Å². The van der Waals surface area contributed by atoms with Crippen molar-refractivity contribution < 1.29 is 9.47 Å². The van der Waals surface area contributed by atoms with Crippen LogP contribution in [-0.4, -0.2) is 48.4 Å². The number of nitrogens with one attached hydrogen (secondary N) is 2. The van der Waals surface area contributed by atoms with E-state index >= 15 is 0 Å². The molecule has 2 aromatic heterocycles. The Hall–Kier alpha value is -2.80. The van der Waals surface area contributed by atoms with E-state index in [1.165, 1.54) is 0 Å². The van der Waals surface area contributed by atoms with Gasteiger partial charge in [0.2, 0.25) is 5.95 Å². The van der Waals surface area contributed by atoms with E-state index in [1.807, 2.05) is 25.1 Å². The van der Waals surface area contributed by atoms with Gasteiger partial charge >= 0.3 is 0 Å². The van der Waals surface area contributed by atoms with Crippen LogP contribution in [0, 0.1) is 6.92 Å². The molecular weight excluding hydrogens is 330 g/mol. The van der Waals surface area contributed by atoms with E-state index < -0.39 is 0 Å². The predicted octanol–water partition coefficient (Wildman–Crippen LogP) is 2.72. The number of morpholine rings is 1. The van der Waals surface area contributed by atoms with E-state index in [1.54, 1.807) is 7.11 Å². The van der Waals surface area contributed by atoms with E-state index in [2.05, 4.69) is 27.3 Å². The quantitative estimate of drug-likeness (QED) is 0.735. The predicted molar refractivity (Wildman–Crippen MR) is 102 cm³/mol. The average Bonchev–Trinajstić information content (AvgIpc) is 3.07. The van der Waals surface area contributed by atoms with Gasteiger partial charge in [-0.3, -0.25) is 0 Å². The highest BCUT2D eigenvalue weighted by molar-refractivity contribution is 5.89. The standard InChI is InChI=1S/C19H23N5O2/c1-13-11-15-17(20-12-14-5-3-4-6-16(14)25-2)22-19(23-18(15)21-13)24-7-9-26-10-8-24/h3-6,11H,7-10,12H2,1-2H3,(H2,20,21,22,23). The third-order valence-corrected chi connectivity index (χ3v) is 4.54. The topological polar surface area (TPSA) is 75.3 Å². The molecule has 136 valence electrons. The highest BCUT2D eigenvalue weighted by Gasteiger charge is 2.17. The highest BCUT2D eigenvalue weighted by atomic mass is 16.5. The normalized spacial score (nSPS) is 14.6. The zero-order valence-electron chi connectivity index (χ0n) is 15.1. The van der Waals surface area contributed by atoms with Crippen LogP contribution in [-0.2, 0) is 11.3 Å². The lowest BCUT2D eigenvalue weighted by Crippen LogP contribution is -2.37. The van der Waals surface area contributed by atoms with E-state index in [0.717, 1.165) is 52.9 Å². The van der Waals surface area contributed by atoms with Crippen LogP contribution < -0.4 is 15.0 Å². The second-order valence-corrected chi connectivity index (χ2v) is 6.35. The van der Waals surface area contributed by atoms with Gasteiger partial charge in [0.1, 0.15) is 17.2 Å². The minimum Gasteiger partial charge on any atom is -0.496 e. The Balaban J connectivity index is 1.66. The van der Waals surface area contributed by atoms with Gasteiger partial charge in [0.15, 0.2) is 0 Å². The fourth-order valence-corrected chi connectivity index (χ4v) is 3.20. The largest absolute Gasteiger partial charge is 0.496 e. The van der Waals surface area contributed by atoms with E-state index in [-0.39, 0.29) is 0 Å². The van der Waals surface area contributed by atoms with Crippen molar-refractivity contribution in [2.45, 2.75) is 13.5 Å². The molecule has 2 N–H and O–H groups in total. The number of rotatable bonds is 5. The summed E-state index contributed by atoms with van der Waals surface area (Å²) in [6.45, 7) is 5.67. The first-order valence-corrected chi connectivity index (χ1v) is 8.80. The number of aromatic nitrogens is 3. The van der Waals surface area contributed by atoms with Crippen molar-refractivity contribution in [3.8, 4) is 5.75 Å². The molecule has 1 fully saturated rings. The Kier molecular flexibility index (Phi) is 4.62. The van der Waals surface area contributed by atoms with Crippen LogP contribution in [0.2, 0.25) is 0 Å². The summed E-state index contributed by atoms with van der Waals surface area (Å²) in [5.74, 6) is 2.42. The highest BCUT2D eigenvalue weighted by Crippen LogP contribution is 2.26. The van der Waals surface area contributed by atoms with Crippen molar-refractivity contribution in [3.63, 3.8) is 0 Å². The first-order chi connectivity index (χ1) is 12.7. The number of H-pyrrole nitrogens is 1. The van der Waals surface area contributed by atoms with Gasteiger partial charge in [-0.15, -0.1) is 0 Å². The molecule has 3 heterocycles. The fraction of sp³-hybridized carbons (Fsp3) is 0.368. The summed E-state index contributed by atoms with van der Waals surface area (Å²) >= 11 is 0. The fourth-order valence-electron chi connectivity index (χ4n) is 3.20. The Morgan fingerprint density at radius 1 is 1.23 bits per heavy atom. The first-order valence-electron chi connectivity index (χ1n) is 8.80. The number of methoxy groups -OCH3 is 1. The Morgan fingerprint density at radius 3 is 2.85 bits per heavy atom. The van der Waals surface area contributed by atoms with Crippen LogP contribution in [0.15, 0.2) is 30.3 Å². The zero-order chi connectivity index (χ0) is 17.9. The van der Waals surface area contributed by atoms with Crippen LogP contribution >= 0.6 is 0 Å². The number of aromatic amines is 1. The molecule has 0 atom stereocenters. The molecule has 0 saturated carbocycles. The van der Waals surface area contributed by atoms with Gasteiger partial charge in [-0.1, -0.05) is 18.2 Å². The van der Waals surface area contributed by atoms with Crippen molar-refractivity contribution in [2.24, 2.45) is 0 Å². The molecule has 0 unspecified atom stereocenters. The first kappa shape index (κ1) is 16.7. The minimum absolute atomic E-state index is 0.628. The number of benzene rings is 1. The van der Waals surface area contributed by atoms with Gasteiger partial charge < -0.3 is 24.7 Å². The molecule has 7 heteroatoms. The Labute approximate surface area is 152 Å². The molecule has 0 amide bonds. The Morgan fingerprint density at radius 2 is 2.04 bits per heavy atom. The summed E-state index contributed by atoms with van der Waals surface area (Å²) < 4.78 is 10.9. The molecule has 0 spiro atoms. The third-order valence-electron chi connectivity index (χ3n) is 4.54. The van der Waals surface area contributed by atoms with Gasteiger partial charge in [-0.25, -0.2) is 0 Å². The molecule has 0 radical (unpaired) electrons. The molecular formula is C19H23N5O2. The van der Waals surface area contributed by atoms with Gasteiger partial charge in [0, 0.05) is 30.9 Å². The van der Waals surface area contributed by atoms with Crippen molar-refractivity contribution >= 4 is 22.8 Å². The second kappa shape index (κ2) is 7.21. The van der Waals surface area contributed by atoms with Crippen LogP contribution in [0.4, 0.5) is 11.8 Å². The summed E-state index contributed by atoms with van der Waals surface area (Å²) in [6, 6.07) is 10.1. The lowest BCUT2D eigenvalue weighted by Gasteiger charge is -2.27. The SMILES string of the molecule is COc1ccccc1CNc1nc(N2CCOCC2)nc2[nH]c(C)cc12. The summed E-state index contributed by atoms with van der Waals surface area (Å²) in [6.07, 6.45) is 0. The molecule has 4 rings (SSSR count). The molecule has 3 aromatic rings. The molecule has 1 saturated heterocycles. The lowest BCUT2D eigenvalue weighted by molar-refractivity contribution is 0.122. The molecule has 7 nitrogen and oxygen atoms in total. The van der Waals surface area contributed by atoms with Crippen molar-refractivity contribution in [1.82, 2.24) is 15.0 Å². The number of fused-ring (bicyclic) bond motifs is 1. The van der Waals surface area contributed by atoms with Crippen LogP contribution in [0.5, 0.6) is 5.75 Å². The van der Waals surface area contributed by atoms with Crippen LogP contribution in [0.25, 0.3) is 11.0 Å². The van der Waals surface area contributed by atoms with E-state index in [4.69, 9.17) is 19.4 Å². The van der Waals surface area contributed by atoms with Crippen molar-refractivity contribution in [3.05, 3.63) is 41.6 Å². The molecule has 1 aliphatic heterocycles.